The summed E-state index contributed by atoms with van der Waals surface area (Å²) in [5, 5.41) is 4.26. The predicted octanol–water partition coefficient (Wildman–Crippen LogP) is 3.72. The third kappa shape index (κ3) is 5.19. The SMILES string of the molecule is CC(C)(COC1CCCCO1)c1cc(-c2nc(C3CC3)c(OCC3CC3)nc2C(N)=O)on1. The average molecular weight is 457 g/mol. The van der Waals surface area contributed by atoms with Crippen molar-refractivity contribution in [2.45, 2.75) is 76.4 Å². The first kappa shape index (κ1) is 22.3. The van der Waals surface area contributed by atoms with Crippen molar-refractivity contribution in [1.29, 1.82) is 0 Å². The Bertz CT molecular complexity index is 1010. The van der Waals surface area contributed by atoms with E-state index in [1.165, 1.54) is 12.8 Å². The van der Waals surface area contributed by atoms with Crippen LogP contribution in [0.5, 0.6) is 5.88 Å². The van der Waals surface area contributed by atoms with E-state index < -0.39 is 11.3 Å². The van der Waals surface area contributed by atoms with Gasteiger partial charge in [0.1, 0.15) is 11.4 Å². The Morgan fingerprint density at radius 1 is 1.18 bits per heavy atom. The second-order valence-corrected chi connectivity index (χ2v) is 10.1. The van der Waals surface area contributed by atoms with Gasteiger partial charge in [-0.15, -0.1) is 0 Å². The minimum absolute atomic E-state index is 0.0394. The Balaban J connectivity index is 1.39. The number of amides is 1. The zero-order chi connectivity index (χ0) is 23.0. The van der Waals surface area contributed by atoms with Crippen LogP contribution in [-0.2, 0) is 14.9 Å². The summed E-state index contributed by atoms with van der Waals surface area (Å²) in [5.41, 5.74) is 7.06. The van der Waals surface area contributed by atoms with Gasteiger partial charge in [0, 0.05) is 24.0 Å². The highest BCUT2D eigenvalue weighted by molar-refractivity contribution is 5.96. The second-order valence-electron chi connectivity index (χ2n) is 10.1. The van der Waals surface area contributed by atoms with Crippen LogP contribution in [0, 0.1) is 5.92 Å². The van der Waals surface area contributed by atoms with E-state index in [0.717, 1.165) is 44.4 Å². The Morgan fingerprint density at radius 2 is 2.00 bits per heavy atom. The fraction of sp³-hybridized carbons (Fsp3) is 0.667. The van der Waals surface area contributed by atoms with Crippen molar-refractivity contribution in [1.82, 2.24) is 15.1 Å². The fourth-order valence-corrected chi connectivity index (χ4v) is 3.91. The highest BCUT2D eigenvalue weighted by Crippen LogP contribution is 2.44. The van der Waals surface area contributed by atoms with Gasteiger partial charge < -0.3 is 24.5 Å². The van der Waals surface area contributed by atoms with Crippen LogP contribution < -0.4 is 10.5 Å². The van der Waals surface area contributed by atoms with Gasteiger partial charge in [-0.2, -0.15) is 0 Å². The second kappa shape index (κ2) is 9.02. The van der Waals surface area contributed by atoms with E-state index in [1.807, 2.05) is 13.8 Å². The number of hydrogen-bond donors (Lipinski definition) is 1. The minimum atomic E-state index is -0.675. The van der Waals surface area contributed by atoms with E-state index >= 15 is 0 Å². The van der Waals surface area contributed by atoms with Crippen LogP contribution in [0.15, 0.2) is 10.6 Å². The topological polar surface area (TPSA) is 123 Å². The molecule has 1 aliphatic heterocycles. The molecule has 3 aliphatic rings. The van der Waals surface area contributed by atoms with Crippen molar-refractivity contribution in [3.63, 3.8) is 0 Å². The van der Waals surface area contributed by atoms with Gasteiger partial charge in [-0.1, -0.05) is 19.0 Å². The standard InChI is InChI=1S/C24H32N4O5/c1-24(2,13-32-18-5-3-4-10-30-18)17-11-16(33-28-17)20-21(22(25)29)27-23(31-12-14-6-7-14)19(26-20)15-8-9-15/h11,14-15,18H,3-10,12-13H2,1-2H3,(H2,25,29). The van der Waals surface area contributed by atoms with Crippen molar-refractivity contribution in [3.8, 4) is 17.3 Å². The lowest BCUT2D eigenvalue weighted by Crippen LogP contribution is -2.31. The highest BCUT2D eigenvalue weighted by Gasteiger charge is 2.34. The summed E-state index contributed by atoms with van der Waals surface area (Å²) < 4.78 is 23.2. The van der Waals surface area contributed by atoms with Gasteiger partial charge in [0.05, 0.1) is 18.9 Å². The van der Waals surface area contributed by atoms with E-state index in [-0.39, 0.29) is 17.9 Å². The number of primary amides is 1. The van der Waals surface area contributed by atoms with Gasteiger partial charge in [-0.25, -0.2) is 9.97 Å². The van der Waals surface area contributed by atoms with Crippen molar-refractivity contribution in [2.75, 3.05) is 19.8 Å². The van der Waals surface area contributed by atoms with E-state index in [4.69, 9.17) is 29.5 Å². The molecule has 0 radical (unpaired) electrons. The first-order valence-electron chi connectivity index (χ1n) is 12.0. The number of carbonyl (C=O) groups is 1. The maximum absolute atomic E-state index is 12.2. The molecule has 178 valence electrons. The van der Waals surface area contributed by atoms with Gasteiger partial charge in [0.25, 0.3) is 5.91 Å². The zero-order valence-corrected chi connectivity index (χ0v) is 19.3. The van der Waals surface area contributed by atoms with Crippen LogP contribution in [0.25, 0.3) is 11.5 Å². The maximum Gasteiger partial charge on any atom is 0.269 e. The predicted molar refractivity (Wildman–Crippen MR) is 119 cm³/mol. The van der Waals surface area contributed by atoms with Gasteiger partial charge >= 0.3 is 0 Å². The number of nitrogens with zero attached hydrogens (tertiary/aromatic N) is 3. The van der Waals surface area contributed by atoms with Crippen molar-refractivity contribution in [3.05, 3.63) is 23.1 Å². The van der Waals surface area contributed by atoms with Crippen molar-refractivity contribution >= 4 is 5.91 Å². The third-order valence-corrected chi connectivity index (χ3v) is 6.44. The van der Waals surface area contributed by atoms with Gasteiger partial charge in [-0.05, 0) is 50.9 Å². The monoisotopic (exact) mass is 456 g/mol. The first-order chi connectivity index (χ1) is 15.9. The lowest BCUT2D eigenvalue weighted by molar-refractivity contribution is -0.170. The summed E-state index contributed by atoms with van der Waals surface area (Å²) in [4.78, 5) is 21.5. The van der Waals surface area contributed by atoms with E-state index in [2.05, 4.69) is 10.1 Å². The summed E-state index contributed by atoms with van der Waals surface area (Å²) in [7, 11) is 0. The van der Waals surface area contributed by atoms with E-state index in [9.17, 15) is 4.79 Å². The largest absolute Gasteiger partial charge is 0.476 e. The first-order valence-corrected chi connectivity index (χ1v) is 12.0. The molecule has 2 aliphatic carbocycles. The number of aromatic nitrogens is 3. The molecule has 2 aromatic heterocycles. The Morgan fingerprint density at radius 3 is 2.67 bits per heavy atom. The van der Waals surface area contributed by atoms with Crippen molar-refractivity contribution < 1.29 is 23.5 Å². The molecule has 0 aromatic carbocycles. The van der Waals surface area contributed by atoms with E-state index in [1.54, 1.807) is 6.07 Å². The molecule has 2 saturated carbocycles. The quantitative estimate of drug-likeness (QED) is 0.574. The van der Waals surface area contributed by atoms with Gasteiger partial charge in [0.2, 0.25) is 5.88 Å². The maximum atomic E-state index is 12.2. The molecule has 0 bridgehead atoms. The van der Waals surface area contributed by atoms with Crippen molar-refractivity contribution in [2.24, 2.45) is 11.7 Å². The summed E-state index contributed by atoms with van der Waals surface area (Å²) in [5.74, 6) is 0.962. The third-order valence-electron chi connectivity index (χ3n) is 6.44. The van der Waals surface area contributed by atoms with E-state index in [0.29, 0.717) is 42.2 Å². The van der Waals surface area contributed by atoms with Crippen LogP contribution in [-0.4, -0.2) is 47.1 Å². The fourth-order valence-electron chi connectivity index (χ4n) is 3.91. The molecular formula is C24H32N4O5. The van der Waals surface area contributed by atoms with Gasteiger partial charge in [0.15, 0.2) is 17.7 Å². The van der Waals surface area contributed by atoms with Crippen LogP contribution in [0.4, 0.5) is 0 Å². The minimum Gasteiger partial charge on any atom is -0.476 e. The van der Waals surface area contributed by atoms with Crippen LogP contribution in [0.2, 0.25) is 0 Å². The molecule has 9 heteroatoms. The summed E-state index contributed by atoms with van der Waals surface area (Å²) in [6.45, 7) is 5.82. The van der Waals surface area contributed by atoms with Crippen LogP contribution in [0.3, 0.4) is 0 Å². The molecule has 1 amide bonds. The molecule has 3 heterocycles. The molecule has 1 atom stereocenters. The highest BCUT2D eigenvalue weighted by atomic mass is 16.7. The smallest absolute Gasteiger partial charge is 0.269 e. The summed E-state index contributed by atoms with van der Waals surface area (Å²) in [6.07, 6.45) is 7.29. The number of hydrogen-bond acceptors (Lipinski definition) is 8. The average Bonchev–Trinajstić information content (AvgIpc) is 3.75. The Labute approximate surface area is 193 Å². The number of ether oxygens (including phenoxy) is 3. The molecular weight excluding hydrogens is 424 g/mol. The zero-order valence-electron chi connectivity index (χ0n) is 19.3. The molecule has 9 nitrogen and oxygen atoms in total. The van der Waals surface area contributed by atoms with Crippen LogP contribution >= 0.6 is 0 Å². The molecule has 2 aromatic rings. The van der Waals surface area contributed by atoms with Gasteiger partial charge in [-0.3, -0.25) is 4.79 Å². The lowest BCUT2D eigenvalue weighted by Gasteiger charge is -2.28. The molecule has 33 heavy (non-hydrogen) atoms. The summed E-state index contributed by atoms with van der Waals surface area (Å²) >= 11 is 0. The lowest BCUT2D eigenvalue weighted by atomic mass is 9.90. The molecule has 0 spiro atoms. The Hall–Kier alpha value is -2.52. The normalized spacial score (nSPS) is 21.2. The molecule has 3 fully saturated rings. The molecule has 5 rings (SSSR count). The summed E-state index contributed by atoms with van der Waals surface area (Å²) in [6, 6.07) is 1.79. The molecule has 2 N–H and O–H groups in total. The molecule has 1 saturated heterocycles. The number of rotatable bonds is 10. The van der Waals surface area contributed by atoms with Crippen LogP contribution in [0.1, 0.15) is 86.6 Å². The molecule has 1 unspecified atom stereocenters. The Kier molecular flexibility index (Phi) is 6.09. The number of nitrogens with two attached hydrogens (primary N) is 1. The number of carbonyl (C=O) groups excluding carboxylic acids is 1.